The molecule has 1 fully saturated rings. The minimum atomic E-state index is -0.827. The summed E-state index contributed by atoms with van der Waals surface area (Å²) in [5.74, 6) is -1.51. The lowest BCUT2D eigenvalue weighted by Crippen LogP contribution is -2.54. The van der Waals surface area contributed by atoms with E-state index < -0.39 is 17.8 Å². The molecule has 2 heterocycles. The molecule has 1 saturated heterocycles. The summed E-state index contributed by atoms with van der Waals surface area (Å²) in [7, 11) is 0. The Kier molecular flexibility index (Phi) is 4.63. The SMILES string of the molecule is N#CCn1cc(/C=C2\C(=O)NC(=O)N(c3ccc(Cl)cc3)C2=O)c2ccccc21. The first kappa shape index (κ1) is 18.5. The second-order valence-corrected chi connectivity index (χ2v) is 6.76. The van der Waals surface area contributed by atoms with Gasteiger partial charge in [0.05, 0.1) is 11.8 Å². The highest BCUT2D eigenvalue weighted by Gasteiger charge is 2.36. The highest BCUT2D eigenvalue weighted by Crippen LogP contribution is 2.27. The summed E-state index contributed by atoms with van der Waals surface area (Å²) in [6.45, 7) is 0.124. The first-order valence-electron chi connectivity index (χ1n) is 8.61. The fraction of sp³-hybridized carbons (Fsp3) is 0.0476. The number of imide groups is 2. The van der Waals surface area contributed by atoms with Crippen molar-refractivity contribution < 1.29 is 14.4 Å². The molecule has 0 aliphatic carbocycles. The number of barbiturate groups is 1. The van der Waals surface area contributed by atoms with E-state index in [9.17, 15) is 14.4 Å². The highest BCUT2D eigenvalue weighted by molar-refractivity contribution is 6.39. The quantitative estimate of drug-likeness (QED) is 0.534. The molecule has 0 spiro atoms. The van der Waals surface area contributed by atoms with Crippen LogP contribution in [0, 0.1) is 11.3 Å². The van der Waals surface area contributed by atoms with Crippen molar-refractivity contribution in [1.29, 1.82) is 5.26 Å². The molecule has 8 heteroatoms. The Labute approximate surface area is 170 Å². The Morgan fingerprint density at radius 2 is 1.79 bits per heavy atom. The molecule has 0 radical (unpaired) electrons. The van der Waals surface area contributed by atoms with E-state index in [1.54, 1.807) is 22.9 Å². The number of hydrogen-bond donors (Lipinski definition) is 1. The van der Waals surface area contributed by atoms with Crippen LogP contribution in [0.25, 0.3) is 17.0 Å². The molecular formula is C21H13ClN4O3. The second-order valence-electron chi connectivity index (χ2n) is 6.32. The van der Waals surface area contributed by atoms with Gasteiger partial charge in [-0.1, -0.05) is 29.8 Å². The van der Waals surface area contributed by atoms with Gasteiger partial charge in [0.1, 0.15) is 12.1 Å². The number of nitrogens with one attached hydrogen (secondary N) is 1. The van der Waals surface area contributed by atoms with Crippen molar-refractivity contribution in [2.75, 3.05) is 4.90 Å². The zero-order valence-corrected chi connectivity index (χ0v) is 15.7. The first-order chi connectivity index (χ1) is 14.0. The maximum absolute atomic E-state index is 13.0. The molecule has 0 bridgehead atoms. The molecule has 0 atom stereocenters. The number of carbonyl (C=O) groups is 3. The van der Waals surface area contributed by atoms with Gasteiger partial charge in [-0.15, -0.1) is 0 Å². The van der Waals surface area contributed by atoms with Gasteiger partial charge in [-0.2, -0.15) is 5.26 Å². The molecule has 1 aliphatic rings. The number of rotatable bonds is 3. The van der Waals surface area contributed by atoms with Crippen LogP contribution in [0.5, 0.6) is 0 Å². The number of benzene rings is 2. The molecule has 29 heavy (non-hydrogen) atoms. The number of amides is 4. The summed E-state index contributed by atoms with van der Waals surface area (Å²) in [5, 5.41) is 12.5. The van der Waals surface area contributed by atoms with Gasteiger partial charge in [0.15, 0.2) is 0 Å². The summed E-state index contributed by atoms with van der Waals surface area (Å²) in [6, 6.07) is 14.7. The summed E-state index contributed by atoms with van der Waals surface area (Å²) in [6.07, 6.45) is 3.13. The van der Waals surface area contributed by atoms with Crippen molar-refractivity contribution in [3.05, 3.63) is 70.9 Å². The Balaban J connectivity index is 1.81. The van der Waals surface area contributed by atoms with E-state index in [0.717, 1.165) is 15.8 Å². The number of urea groups is 1. The third-order valence-corrected chi connectivity index (χ3v) is 4.80. The maximum atomic E-state index is 13.0. The Morgan fingerprint density at radius 1 is 1.07 bits per heavy atom. The first-order valence-corrected chi connectivity index (χ1v) is 8.99. The molecule has 1 aromatic heterocycles. The van der Waals surface area contributed by atoms with Gasteiger partial charge in [0.25, 0.3) is 11.8 Å². The van der Waals surface area contributed by atoms with Crippen LogP contribution in [-0.4, -0.2) is 22.4 Å². The molecule has 0 unspecified atom stereocenters. The Hall–Kier alpha value is -3.89. The molecule has 7 nitrogen and oxygen atoms in total. The lowest BCUT2D eigenvalue weighted by molar-refractivity contribution is -0.122. The minimum absolute atomic E-state index is 0.124. The maximum Gasteiger partial charge on any atom is 0.335 e. The zero-order chi connectivity index (χ0) is 20.5. The van der Waals surface area contributed by atoms with Gasteiger partial charge in [-0.05, 0) is 36.4 Å². The van der Waals surface area contributed by atoms with E-state index in [-0.39, 0.29) is 12.1 Å². The lowest BCUT2D eigenvalue weighted by atomic mass is 10.1. The van der Waals surface area contributed by atoms with Crippen molar-refractivity contribution in [1.82, 2.24) is 9.88 Å². The molecular weight excluding hydrogens is 392 g/mol. The van der Waals surface area contributed by atoms with Gasteiger partial charge >= 0.3 is 6.03 Å². The van der Waals surface area contributed by atoms with Crippen LogP contribution in [0.3, 0.4) is 0 Å². The molecule has 4 rings (SSSR count). The van der Waals surface area contributed by atoms with E-state index in [1.165, 1.54) is 18.2 Å². The second kappa shape index (κ2) is 7.26. The number of carbonyl (C=O) groups excluding carboxylic acids is 3. The zero-order valence-electron chi connectivity index (χ0n) is 14.9. The summed E-state index contributed by atoms with van der Waals surface area (Å²) in [4.78, 5) is 38.5. The van der Waals surface area contributed by atoms with Crippen molar-refractivity contribution in [2.45, 2.75) is 6.54 Å². The fourth-order valence-electron chi connectivity index (χ4n) is 3.23. The number of anilines is 1. The van der Waals surface area contributed by atoms with E-state index in [4.69, 9.17) is 16.9 Å². The van der Waals surface area contributed by atoms with Crippen molar-refractivity contribution in [3.8, 4) is 6.07 Å². The molecule has 4 amide bonds. The normalized spacial score (nSPS) is 15.7. The largest absolute Gasteiger partial charge is 0.335 e. The van der Waals surface area contributed by atoms with Crippen molar-refractivity contribution in [2.24, 2.45) is 0 Å². The molecule has 2 aromatic carbocycles. The van der Waals surface area contributed by atoms with Crippen molar-refractivity contribution in [3.63, 3.8) is 0 Å². The lowest BCUT2D eigenvalue weighted by Gasteiger charge is -2.26. The van der Waals surface area contributed by atoms with Crippen LogP contribution in [0.2, 0.25) is 5.02 Å². The summed E-state index contributed by atoms with van der Waals surface area (Å²) in [5.41, 5.74) is 1.51. The number of nitriles is 1. The van der Waals surface area contributed by atoms with Gasteiger partial charge < -0.3 is 4.57 Å². The van der Waals surface area contributed by atoms with Gasteiger partial charge in [0, 0.05) is 27.7 Å². The average Bonchev–Trinajstić information content (AvgIpc) is 3.04. The Bertz CT molecular complexity index is 1240. The predicted octanol–water partition coefficient (Wildman–Crippen LogP) is 3.48. The fourth-order valence-corrected chi connectivity index (χ4v) is 3.36. The minimum Gasteiger partial charge on any atom is -0.333 e. The van der Waals surface area contributed by atoms with E-state index >= 15 is 0 Å². The standard InChI is InChI=1S/C21H13ClN4O3/c22-14-5-7-15(8-6-14)26-20(28)17(19(27)24-21(26)29)11-13-12-25(10-9-23)18-4-2-1-3-16(13)18/h1-8,11-12H,10H2,(H,24,27,29)/b17-11+. The topological polar surface area (TPSA) is 95.2 Å². The van der Waals surface area contributed by atoms with E-state index in [0.29, 0.717) is 16.3 Å². The number of para-hydroxylation sites is 1. The van der Waals surface area contributed by atoms with Crippen LogP contribution >= 0.6 is 11.6 Å². The van der Waals surface area contributed by atoms with E-state index in [2.05, 4.69) is 11.4 Å². The van der Waals surface area contributed by atoms with E-state index in [1.807, 2.05) is 24.3 Å². The predicted molar refractivity (Wildman–Crippen MR) is 108 cm³/mol. The van der Waals surface area contributed by atoms with Gasteiger partial charge in [-0.3, -0.25) is 14.9 Å². The number of fused-ring (bicyclic) bond motifs is 1. The molecule has 0 saturated carbocycles. The molecule has 3 aromatic rings. The van der Waals surface area contributed by atoms with Crippen molar-refractivity contribution >= 4 is 52.1 Å². The third-order valence-electron chi connectivity index (χ3n) is 4.55. The monoisotopic (exact) mass is 404 g/mol. The highest BCUT2D eigenvalue weighted by atomic mass is 35.5. The molecule has 1 N–H and O–H groups in total. The van der Waals surface area contributed by atoms with Crippen LogP contribution in [-0.2, 0) is 16.1 Å². The van der Waals surface area contributed by atoms with Gasteiger partial charge in [0.2, 0.25) is 0 Å². The Morgan fingerprint density at radius 3 is 2.52 bits per heavy atom. The average molecular weight is 405 g/mol. The summed E-state index contributed by atoms with van der Waals surface area (Å²) >= 11 is 5.87. The van der Waals surface area contributed by atoms with Gasteiger partial charge in [-0.25, -0.2) is 9.69 Å². The molecule has 142 valence electrons. The smallest absolute Gasteiger partial charge is 0.333 e. The van der Waals surface area contributed by atoms with Crippen LogP contribution < -0.4 is 10.2 Å². The number of nitrogens with zero attached hydrogens (tertiary/aromatic N) is 3. The summed E-state index contributed by atoms with van der Waals surface area (Å²) < 4.78 is 1.73. The number of halogens is 1. The number of aromatic nitrogens is 1. The molecule has 1 aliphatic heterocycles. The number of hydrogen-bond acceptors (Lipinski definition) is 4. The third kappa shape index (κ3) is 3.26. The van der Waals surface area contributed by atoms with Crippen LogP contribution in [0.15, 0.2) is 60.3 Å². The van der Waals surface area contributed by atoms with Crippen LogP contribution in [0.4, 0.5) is 10.5 Å². The van der Waals surface area contributed by atoms with Crippen LogP contribution in [0.1, 0.15) is 5.56 Å².